The molecule has 0 amide bonds. The van der Waals surface area contributed by atoms with Crippen LogP contribution in [0.3, 0.4) is 0 Å². The Morgan fingerprint density at radius 3 is 1.30 bits per heavy atom. The number of carbonyl (C=O) groups is 3. The fraction of sp³-hybridized carbons (Fsp3) is 0.674. The Balaban J connectivity index is 0.000000321. The number of benzene rings is 2. The number of aliphatic hydroxyl groups is 2. The van der Waals surface area contributed by atoms with Gasteiger partial charge in [0.2, 0.25) is 0 Å². The Labute approximate surface area is 386 Å². The van der Waals surface area contributed by atoms with Gasteiger partial charge in [0.15, 0.2) is 23.4 Å². The molecule has 6 rings (SSSR count). The van der Waals surface area contributed by atoms with Gasteiger partial charge in [-0.15, -0.1) is 0 Å². The maximum atomic E-state index is 12.9. The number of aliphatic carboxylic acids is 1. The molecule has 2 aliphatic heterocycles. The molecule has 2 saturated carbocycles. The van der Waals surface area contributed by atoms with Gasteiger partial charge in [0, 0.05) is 37.3 Å². The SMILES string of the molecule is CC(C)C[C@H](N)C(=O)[O-].C[N+]1(C)CCC(OC(=O)C(O)(c2ccccc2)C2CCCC2)C1.C[N+]1(C)CCC(OC(=O)C(O)(c2ccccc2)C2CCCC2)C1.NCCS(=O)(=O)O.[Br-]. The normalized spacial score (nSPS) is 22.9. The average Bonchev–Trinajstić information content (AvgIpc) is 4.04. The van der Waals surface area contributed by atoms with Crippen LogP contribution in [0.25, 0.3) is 0 Å². The van der Waals surface area contributed by atoms with Crippen molar-refractivity contribution in [2.75, 3.05) is 66.7 Å². The Morgan fingerprint density at radius 1 is 0.730 bits per heavy atom. The van der Waals surface area contributed by atoms with Gasteiger partial charge in [0.25, 0.3) is 10.1 Å². The molecule has 0 radical (unpaired) electrons. The minimum Gasteiger partial charge on any atom is -1.00 e. The van der Waals surface area contributed by atoms with Crippen LogP contribution >= 0.6 is 0 Å². The first kappa shape index (κ1) is 56.1. The van der Waals surface area contributed by atoms with E-state index in [0.717, 1.165) is 99.4 Å². The third kappa shape index (κ3) is 17.4. The summed E-state index contributed by atoms with van der Waals surface area (Å²) in [5.41, 5.74) is 8.27. The summed E-state index contributed by atoms with van der Waals surface area (Å²) in [6, 6.07) is 17.9. The highest BCUT2D eigenvalue weighted by Gasteiger charge is 2.51. The van der Waals surface area contributed by atoms with Crippen LogP contribution in [0.1, 0.15) is 95.6 Å². The number of hydrogen-bond acceptors (Lipinski definition) is 12. The molecule has 2 aromatic rings. The van der Waals surface area contributed by atoms with E-state index in [4.69, 9.17) is 25.5 Å². The van der Waals surface area contributed by atoms with Crippen LogP contribution in [0, 0.1) is 17.8 Å². The van der Waals surface area contributed by atoms with E-state index in [2.05, 4.69) is 28.2 Å². The van der Waals surface area contributed by atoms with Gasteiger partial charge in [0.1, 0.15) is 13.1 Å². The summed E-state index contributed by atoms with van der Waals surface area (Å²) in [7, 11) is 4.79. The smallest absolute Gasteiger partial charge is 0.343 e. The molecule has 7 N–H and O–H groups in total. The molecule has 2 aromatic carbocycles. The van der Waals surface area contributed by atoms with Crippen molar-refractivity contribution in [2.24, 2.45) is 29.2 Å². The Hall–Kier alpha value is -3.00. The van der Waals surface area contributed by atoms with Crippen LogP contribution in [-0.4, -0.2) is 135 Å². The molecule has 2 heterocycles. The first-order valence-electron chi connectivity index (χ1n) is 22.2. The van der Waals surface area contributed by atoms with Crippen LogP contribution < -0.4 is 33.6 Å². The molecule has 63 heavy (non-hydrogen) atoms. The highest BCUT2D eigenvalue weighted by Crippen LogP contribution is 2.43. The zero-order chi connectivity index (χ0) is 46.4. The number of rotatable bonds is 13. The molecule has 17 heteroatoms. The van der Waals surface area contributed by atoms with Crippen LogP contribution in [0.15, 0.2) is 60.7 Å². The number of likely N-dealkylation sites (N-methyl/N-ethyl adjacent to an activating group) is 2. The summed E-state index contributed by atoms with van der Waals surface area (Å²) in [5, 5.41) is 32.7. The van der Waals surface area contributed by atoms with Gasteiger partial charge in [-0.05, 0) is 49.1 Å². The summed E-state index contributed by atoms with van der Waals surface area (Å²) in [5.74, 6) is -2.19. The van der Waals surface area contributed by atoms with E-state index in [1.54, 1.807) is 0 Å². The fourth-order valence-electron chi connectivity index (χ4n) is 8.99. The van der Waals surface area contributed by atoms with Crippen LogP contribution in [0.4, 0.5) is 0 Å². The maximum Gasteiger partial charge on any atom is 0.343 e. The lowest BCUT2D eigenvalue weighted by Crippen LogP contribution is -3.00. The molecule has 0 aromatic heterocycles. The Bertz CT molecular complexity index is 1710. The zero-order valence-electron chi connectivity index (χ0n) is 38.2. The Morgan fingerprint density at radius 2 is 1.08 bits per heavy atom. The lowest BCUT2D eigenvalue weighted by Gasteiger charge is -2.33. The first-order chi connectivity index (χ1) is 28.9. The summed E-state index contributed by atoms with van der Waals surface area (Å²) in [4.78, 5) is 35.9. The van der Waals surface area contributed by atoms with E-state index in [1.165, 1.54) is 0 Å². The molecule has 4 unspecified atom stereocenters. The molecule has 2 saturated heterocycles. The molecule has 0 bridgehead atoms. The van der Waals surface area contributed by atoms with Gasteiger partial charge < -0.3 is 67.0 Å². The number of carboxylic acid groups (broad SMARTS) is 1. The lowest BCUT2D eigenvalue weighted by molar-refractivity contribution is -0.879. The van der Waals surface area contributed by atoms with Gasteiger partial charge in [-0.25, -0.2) is 9.59 Å². The van der Waals surface area contributed by atoms with Crippen molar-refractivity contribution < 1.29 is 78.1 Å². The number of quaternary nitrogens is 2. The number of halogens is 1. The molecule has 0 spiro atoms. The second-order valence-corrected chi connectivity index (χ2v) is 20.7. The third-order valence-corrected chi connectivity index (χ3v) is 13.2. The number of nitrogens with two attached hydrogens (primary N) is 2. The molecular formula is C46H75BrN4O11S. The van der Waals surface area contributed by atoms with Gasteiger partial charge in [0.05, 0.1) is 53.0 Å². The molecule has 4 aliphatic rings. The van der Waals surface area contributed by atoms with Crippen molar-refractivity contribution in [3.05, 3.63) is 71.8 Å². The second kappa shape index (κ2) is 25.1. The fourth-order valence-corrected chi connectivity index (χ4v) is 9.29. The quantitative estimate of drug-likeness (QED) is 0.100. The number of esters is 2. The van der Waals surface area contributed by atoms with Crippen molar-refractivity contribution in [1.82, 2.24) is 0 Å². The van der Waals surface area contributed by atoms with E-state index in [-0.39, 0.29) is 53.3 Å². The Kier molecular flexibility index (Phi) is 22.3. The highest BCUT2D eigenvalue weighted by molar-refractivity contribution is 7.85. The molecule has 15 nitrogen and oxygen atoms in total. The largest absolute Gasteiger partial charge is 1.00 e. The monoisotopic (exact) mass is 970 g/mol. The summed E-state index contributed by atoms with van der Waals surface area (Å²) in [6.07, 6.45) is 9.86. The van der Waals surface area contributed by atoms with E-state index in [9.17, 15) is 38.1 Å². The number of nitrogens with zero attached hydrogens (tertiary/aromatic N) is 2. The van der Waals surface area contributed by atoms with E-state index in [1.807, 2.05) is 74.5 Å². The van der Waals surface area contributed by atoms with Crippen molar-refractivity contribution in [3.8, 4) is 0 Å². The highest BCUT2D eigenvalue weighted by atomic mass is 79.9. The van der Waals surface area contributed by atoms with E-state index >= 15 is 0 Å². The topological polar surface area (TPSA) is 240 Å². The number of hydrogen-bond donors (Lipinski definition) is 5. The predicted octanol–water partition coefficient (Wildman–Crippen LogP) is -0.141. The second-order valence-electron chi connectivity index (χ2n) is 19.2. The van der Waals surface area contributed by atoms with E-state index < -0.39 is 45.3 Å². The van der Waals surface area contributed by atoms with Gasteiger partial charge in [-0.2, -0.15) is 8.42 Å². The summed E-state index contributed by atoms with van der Waals surface area (Å²) in [6.45, 7) is 7.46. The van der Waals surface area contributed by atoms with Crippen molar-refractivity contribution in [1.29, 1.82) is 0 Å². The molecule has 2 aliphatic carbocycles. The molecule has 5 atom stereocenters. The number of carboxylic acids is 1. The number of carbonyl (C=O) groups excluding carboxylic acids is 3. The standard InChI is InChI=1S/2C19H28NO3.C6H13NO2.C2H7NO3S.BrH/c2*1-20(2)13-12-17(14-20)23-18(21)19(22,16-10-6-7-11-16)15-8-4-3-5-9-15;1-4(2)3-5(7)6(8)9;3-1-2-7(4,5)6;/h2*3-5,8-9,16-17,22H,6-7,10-14H2,1-2H3;4-5H,3,7H2,1-2H3,(H,8,9);1-3H2,(H,4,5,6);1H/q2*+1;;;/p-2/t;;5-;;/m..0../s1. The van der Waals surface area contributed by atoms with E-state index in [0.29, 0.717) is 23.5 Å². The number of likely N-dealkylation sites (tertiary alicyclic amines) is 2. The number of ether oxygens (including phenoxy) is 2. The van der Waals surface area contributed by atoms with Crippen LogP contribution in [0.2, 0.25) is 0 Å². The summed E-state index contributed by atoms with van der Waals surface area (Å²) < 4.78 is 40.6. The lowest BCUT2D eigenvalue weighted by atomic mass is 9.80. The van der Waals surface area contributed by atoms with Crippen molar-refractivity contribution >= 4 is 28.0 Å². The average molecular weight is 972 g/mol. The minimum absolute atomic E-state index is 0. The zero-order valence-corrected chi connectivity index (χ0v) is 40.6. The van der Waals surface area contributed by atoms with Crippen molar-refractivity contribution in [3.63, 3.8) is 0 Å². The third-order valence-electron chi connectivity index (χ3n) is 12.4. The van der Waals surface area contributed by atoms with Gasteiger partial charge in [-0.1, -0.05) is 100 Å². The maximum absolute atomic E-state index is 12.9. The van der Waals surface area contributed by atoms with Crippen LogP contribution in [0.5, 0.6) is 0 Å². The van der Waals surface area contributed by atoms with Crippen molar-refractivity contribution in [2.45, 2.75) is 114 Å². The molecular weight excluding hydrogens is 896 g/mol. The van der Waals surface area contributed by atoms with Gasteiger partial charge >= 0.3 is 11.9 Å². The van der Waals surface area contributed by atoms with Gasteiger partial charge in [-0.3, -0.25) is 4.55 Å². The minimum atomic E-state index is -3.80. The van der Waals surface area contributed by atoms with Crippen LogP contribution in [-0.2, 0) is 45.2 Å². The summed E-state index contributed by atoms with van der Waals surface area (Å²) >= 11 is 0. The molecule has 4 fully saturated rings. The predicted molar refractivity (Wildman–Crippen MR) is 235 cm³/mol. The molecule has 358 valence electrons. The first-order valence-corrected chi connectivity index (χ1v) is 23.8.